The lowest BCUT2D eigenvalue weighted by Crippen LogP contribution is -2.39. The maximum absolute atomic E-state index is 12.0. The first-order chi connectivity index (χ1) is 12.0. The monoisotopic (exact) mass is 351 g/mol. The van der Waals surface area contributed by atoms with Crippen LogP contribution in [0.15, 0.2) is 24.3 Å². The van der Waals surface area contributed by atoms with Crippen molar-refractivity contribution < 1.29 is 28.6 Å². The van der Waals surface area contributed by atoms with Crippen molar-refractivity contribution in [1.82, 2.24) is 5.32 Å². The Labute approximate surface area is 147 Å². The van der Waals surface area contributed by atoms with Crippen molar-refractivity contribution in [2.75, 3.05) is 20.3 Å². The molecule has 1 atom stereocenters. The first-order valence-corrected chi connectivity index (χ1v) is 8.22. The molecule has 0 heterocycles. The summed E-state index contributed by atoms with van der Waals surface area (Å²) >= 11 is 0. The van der Waals surface area contributed by atoms with Gasteiger partial charge in [0.2, 0.25) is 5.91 Å². The van der Waals surface area contributed by atoms with Gasteiger partial charge >= 0.3 is 11.9 Å². The quantitative estimate of drug-likeness (QED) is 0.509. The molecule has 0 aromatic heterocycles. The van der Waals surface area contributed by atoms with Crippen LogP contribution in [-0.2, 0) is 30.3 Å². The normalized spacial score (nSPS) is 11.3. The number of rotatable bonds is 10. The zero-order chi connectivity index (χ0) is 18.7. The van der Waals surface area contributed by atoms with Crippen molar-refractivity contribution in [3.05, 3.63) is 29.8 Å². The number of amides is 1. The highest BCUT2D eigenvalue weighted by atomic mass is 16.5. The fourth-order valence-electron chi connectivity index (χ4n) is 2.30. The molecule has 0 bridgehead atoms. The van der Waals surface area contributed by atoms with Crippen LogP contribution in [0.4, 0.5) is 0 Å². The van der Waals surface area contributed by atoms with Gasteiger partial charge in [-0.05, 0) is 38.0 Å². The Morgan fingerprint density at radius 3 is 2.40 bits per heavy atom. The van der Waals surface area contributed by atoms with Crippen LogP contribution in [0.1, 0.15) is 32.3 Å². The van der Waals surface area contributed by atoms with Gasteiger partial charge in [0.1, 0.15) is 12.2 Å². The molecule has 0 fully saturated rings. The summed E-state index contributed by atoms with van der Waals surface area (Å²) in [5, 5.41) is 2.70. The molecule has 1 aromatic rings. The van der Waals surface area contributed by atoms with Crippen LogP contribution in [0.3, 0.4) is 0 Å². The van der Waals surface area contributed by atoms with Gasteiger partial charge < -0.3 is 19.5 Å². The third-order valence-electron chi connectivity index (χ3n) is 3.31. The lowest BCUT2D eigenvalue weighted by Gasteiger charge is -2.18. The van der Waals surface area contributed by atoms with E-state index in [1.54, 1.807) is 21.0 Å². The molecule has 0 aliphatic heterocycles. The molecular formula is C18H25NO6. The Morgan fingerprint density at radius 1 is 1.08 bits per heavy atom. The van der Waals surface area contributed by atoms with Gasteiger partial charge in [-0.15, -0.1) is 0 Å². The van der Waals surface area contributed by atoms with Crippen LogP contribution in [0.5, 0.6) is 5.75 Å². The van der Waals surface area contributed by atoms with Crippen molar-refractivity contribution in [2.24, 2.45) is 0 Å². The Kier molecular flexibility index (Phi) is 9.06. The highest BCUT2D eigenvalue weighted by Gasteiger charge is 2.20. The maximum atomic E-state index is 12.0. The average Bonchev–Trinajstić information content (AvgIpc) is 2.55. The van der Waals surface area contributed by atoms with Crippen molar-refractivity contribution >= 4 is 17.8 Å². The van der Waals surface area contributed by atoms with Gasteiger partial charge in [-0.25, -0.2) is 0 Å². The molecule has 0 saturated carbocycles. The number of carbonyl (C=O) groups excluding carboxylic acids is 3. The van der Waals surface area contributed by atoms with Crippen LogP contribution < -0.4 is 10.1 Å². The second-order valence-electron chi connectivity index (χ2n) is 5.31. The summed E-state index contributed by atoms with van der Waals surface area (Å²) in [6.07, 6.45) is 0.0372. The molecule has 138 valence electrons. The van der Waals surface area contributed by atoms with Crippen LogP contribution in [0.2, 0.25) is 0 Å². The molecular weight excluding hydrogens is 326 g/mol. The molecule has 0 aliphatic carbocycles. The molecule has 1 unspecified atom stereocenters. The maximum Gasteiger partial charge on any atom is 0.315 e. The van der Waals surface area contributed by atoms with E-state index in [0.717, 1.165) is 5.56 Å². The molecule has 0 spiro atoms. The van der Waals surface area contributed by atoms with Gasteiger partial charge in [-0.2, -0.15) is 0 Å². The third-order valence-corrected chi connectivity index (χ3v) is 3.31. The fourth-order valence-corrected chi connectivity index (χ4v) is 2.30. The minimum atomic E-state index is -0.601. The van der Waals surface area contributed by atoms with E-state index in [1.165, 1.54) is 0 Å². The Hall–Kier alpha value is -2.57. The van der Waals surface area contributed by atoms with Gasteiger partial charge in [0.15, 0.2) is 0 Å². The molecule has 1 aromatic carbocycles. The molecule has 1 rings (SSSR count). The number of hydrogen-bond acceptors (Lipinski definition) is 6. The Bertz CT molecular complexity index is 587. The molecule has 1 N–H and O–H groups in total. The summed E-state index contributed by atoms with van der Waals surface area (Å²) in [6, 6.07) is 6.85. The molecule has 0 saturated heterocycles. The van der Waals surface area contributed by atoms with Crippen molar-refractivity contribution in [2.45, 2.75) is 39.2 Å². The van der Waals surface area contributed by atoms with Crippen molar-refractivity contribution in [3.8, 4) is 5.75 Å². The van der Waals surface area contributed by atoms with Gasteiger partial charge in [0.05, 0.1) is 26.7 Å². The minimum absolute atomic E-state index is 0.0135. The predicted octanol–water partition coefficient (Wildman–Crippen LogP) is 1.63. The number of esters is 2. The van der Waals surface area contributed by atoms with Gasteiger partial charge in [-0.3, -0.25) is 14.4 Å². The van der Waals surface area contributed by atoms with Gasteiger partial charge in [-0.1, -0.05) is 12.1 Å². The third kappa shape index (κ3) is 8.19. The number of carbonyl (C=O) groups is 3. The van der Waals surface area contributed by atoms with Crippen LogP contribution in [0, 0.1) is 0 Å². The molecule has 7 heteroatoms. The predicted molar refractivity (Wildman–Crippen MR) is 91.1 cm³/mol. The van der Waals surface area contributed by atoms with E-state index >= 15 is 0 Å². The van der Waals surface area contributed by atoms with Crippen LogP contribution >= 0.6 is 0 Å². The number of hydrogen-bond donors (Lipinski definition) is 1. The van der Waals surface area contributed by atoms with E-state index in [-0.39, 0.29) is 26.1 Å². The number of methoxy groups -OCH3 is 1. The Morgan fingerprint density at radius 2 is 1.76 bits per heavy atom. The molecule has 1 amide bonds. The summed E-state index contributed by atoms with van der Waals surface area (Å²) in [6.45, 7) is 3.86. The van der Waals surface area contributed by atoms with Gasteiger partial charge in [0, 0.05) is 6.04 Å². The van der Waals surface area contributed by atoms with E-state index in [9.17, 15) is 14.4 Å². The van der Waals surface area contributed by atoms with E-state index in [1.807, 2.05) is 24.3 Å². The van der Waals surface area contributed by atoms with Gasteiger partial charge in [0.25, 0.3) is 0 Å². The van der Waals surface area contributed by atoms with E-state index in [0.29, 0.717) is 12.2 Å². The van der Waals surface area contributed by atoms with Crippen molar-refractivity contribution in [1.29, 1.82) is 0 Å². The average molecular weight is 351 g/mol. The number of benzene rings is 1. The lowest BCUT2D eigenvalue weighted by atomic mass is 10.0. The van der Waals surface area contributed by atoms with Crippen LogP contribution in [0.25, 0.3) is 0 Å². The standard InChI is InChI=1S/C18H25NO6/c1-4-24-17(21)11-14(19-16(20)12-18(22)25-5-2)9-13-7-6-8-15(10-13)23-3/h6-8,10,14H,4-5,9,11-12H2,1-3H3,(H,19,20). The Balaban J connectivity index is 2.75. The topological polar surface area (TPSA) is 90.9 Å². The number of nitrogens with one attached hydrogen (secondary N) is 1. The van der Waals surface area contributed by atoms with E-state index < -0.39 is 23.9 Å². The molecule has 0 aliphatic rings. The largest absolute Gasteiger partial charge is 0.497 e. The second kappa shape index (κ2) is 11.1. The second-order valence-corrected chi connectivity index (χ2v) is 5.31. The first kappa shape index (κ1) is 20.5. The molecule has 25 heavy (non-hydrogen) atoms. The minimum Gasteiger partial charge on any atom is -0.497 e. The highest BCUT2D eigenvalue weighted by molar-refractivity contribution is 5.94. The fraction of sp³-hybridized carbons (Fsp3) is 0.500. The van der Waals surface area contributed by atoms with E-state index in [4.69, 9.17) is 14.2 Å². The summed E-state index contributed by atoms with van der Waals surface area (Å²) < 4.78 is 14.9. The zero-order valence-corrected chi connectivity index (χ0v) is 14.9. The van der Waals surface area contributed by atoms with Crippen LogP contribution in [-0.4, -0.2) is 44.2 Å². The summed E-state index contributed by atoms with van der Waals surface area (Å²) in [5.74, 6) is -0.816. The van der Waals surface area contributed by atoms with Crippen molar-refractivity contribution in [3.63, 3.8) is 0 Å². The lowest BCUT2D eigenvalue weighted by molar-refractivity contribution is -0.146. The van der Waals surface area contributed by atoms with E-state index in [2.05, 4.69) is 5.32 Å². The number of ether oxygens (including phenoxy) is 3. The summed E-state index contributed by atoms with van der Waals surface area (Å²) in [7, 11) is 1.57. The SMILES string of the molecule is CCOC(=O)CC(=O)NC(CC(=O)OCC)Cc1cccc(OC)c1. The highest BCUT2D eigenvalue weighted by Crippen LogP contribution is 2.15. The summed E-state index contributed by atoms with van der Waals surface area (Å²) in [5.41, 5.74) is 0.894. The molecule has 0 radical (unpaired) electrons. The molecule has 7 nitrogen and oxygen atoms in total. The smallest absolute Gasteiger partial charge is 0.315 e. The first-order valence-electron chi connectivity index (χ1n) is 8.22. The zero-order valence-electron chi connectivity index (χ0n) is 14.9. The summed E-state index contributed by atoms with van der Waals surface area (Å²) in [4.78, 5) is 35.2.